The van der Waals surface area contributed by atoms with E-state index in [-0.39, 0.29) is 11.5 Å². The standard InChI is InChI=1S/C14H17NO2/c1-14(2,3)15-9-8-10-11(13(16)17-4)6-5-7-12(10)15/h5-9H,1-4H3. The van der Waals surface area contributed by atoms with E-state index in [2.05, 4.69) is 25.3 Å². The quantitative estimate of drug-likeness (QED) is 0.706. The molecule has 0 amide bonds. The number of carbonyl (C=O) groups is 1. The van der Waals surface area contributed by atoms with Crippen molar-refractivity contribution < 1.29 is 9.53 Å². The summed E-state index contributed by atoms with van der Waals surface area (Å²) >= 11 is 0. The van der Waals surface area contributed by atoms with Gasteiger partial charge in [0.2, 0.25) is 0 Å². The molecule has 0 saturated heterocycles. The van der Waals surface area contributed by atoms with E-state index < -0.39 is 0 Å². The number of fused-ring (bicyclic) bond motifs is 1. The molecule has 1 aromatic heterocycles. The molecule has 3 heteroatoms. The summed E-state index contributed by atoms with van der Waals surface area (Å²) in [5.74, 6) is -0.290. The summed E-state index contributed by atoms with van der Waals surface area (Å²) in [6.07, 6.45) is 2.01. The summed E-state index contributed by atoms with van der Waals surface area (Å²) in [6.45, 7) is 6.41. The summed E-state index contributed by atoms with van der Waals surface area (Å²) < 4.78 is 6.95. The van der Waals surface area contributed by atoms with Crippen LogP contribution in [0.4, 0.5) is 0 Å². The first-order valence-electron chi connectivity index (χ1n) is 5.64. The molecule has 0 saturated carbocycles. The Morgan fingerprint density at radius 3 is 2.53 bits per heavy atom. The highest BCUT2D eigenvalue weighted by atomic mass is 16.5. The molecule has 90 valence electrons. The molecule has 1 heterocycles. The van der Waals surface area contributed by atoms with Crippen molar-refractivity contribution in [3.05, 3.63) is 36.0 Å². The van der Waals surface area contributed by atoms with Gasteiger partial charge in [-0.15, -0.1) is 0 Å². The number of esters is 1. The fourth-order valence-electron chi connectivity index (χ4n) is 2.04. The summed E-state index contributed by atoms with van der Waals surface area (Å²) in [7, 11) is 1.40. The van der Waals surface area contributed by atoms with Gasteiger partial charge in [0.15, 0.2) is 0 Å². The second-order valence-corrected chi connectivity index (χ2v) is 5.09. The van der Waals surface area contributed by atoms with Gasteiger partial charge in [-0.3, -0.25) is 0 Å². The van der Waals surface area contributed by atoms with Crippen molar-refractivity contribution in [3.63, 3.8) is 0 Å². The molecule has 0 bridgehead atoms. The predicted octanol–water partition coefficient (Wildman–Crippen LogP) is 3.18. The third kappa shape index (κ3) is 1.93. The summed E-state index contributed by atoms with van der Waals surface area (Å²) in [5.41, 5.74) is 1.67. The minimum atomic E-state index is -0.290. The summed E-state index contributed by atoms with van der Waals surface area (Å²) in [4.78, 5) is 11.7. The fourth-order valence-corrected chi connectivity index (χ4v) is 2.04. The van der Waals surface area contributed by atoms with Crippen LogP contribution in [0.3, 0.4) is 0 Å². The molecule has 2 aromatic rings. The van der Waals surface area contributed by atoms with Gasteiger partial charge in [0.05, 0.1) is 12.7 Å². The van der Waals surface area contributed by atoms with E-state index >= 15 is 0 Å². The van der Waals surface area contributed by atoms with Crippen molar-refractivity contribution in [2.24, 2.45) is 0 Å². The molecule has 0 radical (unpaired) electrons. The number of benzene rings is 1. The van der Waals surface area contributed by atoms with Crippen LogP contribution in [0.25, 0.3) is 10.9 Å². The maximum Gasteiger partial charge on any atom is 0.338 e. The molecule has 0 N–H and O–H groups in total. The minimum absolute atomic E-state index is 0.00348. The third-order valence-electron chi connectivity index (χ3n) is 2.86. The van der Waals surface area contributed by atoms with Crippen molar-refractivity contribution in [1.29, 1.82) is 0 Å². The SMILES string of the molecule is COC(=O)c1cccc2c1ccn2C(C)(C)C. The van der Waals surface area contributed by atoms with Gasteiger partial charge in [0, 0.05) is 22.6 Å². The van der Waals surface area contributed by atoms with Crippen LogP contribution >= 0.6 is 0 Å². The highest BCUT2D eigenvalue weighted by Gasteiger charge is 2.18. The lowest BCUT2D eigenvalue weighted by Crippen LogP contribution is -2.20. The lowest BCUT2D eigenvalue weighted by atomic mass is 10.1. The van der Waals surface area contributed by atoms with Crippen molar-refractivity contribution in [2.45, 2.75) is 26.3 Å². The van der Waals surface area contributed by atoms with E-state index in [1.165, 1.54) is 7.11 Å². The molecule has 0 aliphatic carbocycles. The minimum Gasteiger partial charge on any atom is -0.465 e. The van der Waals surface area contributed by atoms with E-state index in [9.17, 15) is 4.79 Å². The molecule has 0 spiro atoms. The topological polar surface area (TPSA) is 31.2 Å². The Morgan fingerprint density at radius 2 is 1.94 bits per heavy atom. The largest absolute Gasteiger partial charge is 0.465 e. The van der Waals surface area contributed by atoms with Gasteiger partial charge in [-0.1, -0.05) is 6.07 Å². The molecular formula is C14H17NO2. The van der Waals surface area contributed by atoms with E-state index in [1.54, 1.807) is 6.07 Å². The Hall–Kier alpha value is -1.77. The van der Waals surface area contributed by atoms with Gasteiger partial charge in [-0.2, -0.15) is 0 Å². The molecular weight excluding hydrogens is 214 g/mol. The Morgan fingerprint density at radius 1 is 1.24 bits per heavy atom. The molecule has 0 unspecified atom stereocenters. The van der Waals surface area contributed by atoms with Gasteiger partial charge < -0.3 is 9.30 Å². The molecule has 0 atom stereocenters. The third-order valence-corrected chi connectivity index (χ3v) is 2.86. The van der Waals surface area contributed by atoms with Gasteiger partial charge >= 0.3 is 5.97 Å². The van der Waals surface area contributed by atoms with Crippen LogP contribution in [0.2, 0.25) is 0 Å². The van der Waals surface area contributed by atoms with Crippen LogP contribution in [-0.2, 0) is 10.3 Å². The van der Waals surface area contributed by atoms with Gasteiger partial charge in [0.1, 0.15) is 0 Å². The molecule has 2 rings (SSSR count). The summed E-state index contributed by atoms with van der Waals surface area (Å²) in [5, 5.41) is 0.939. The zero-order valence-corrected chi connectivity index (χ0v) is 10.7. The van der Waals surface area contributed by atoms with E-state index in [0.717, 1.165) is 10.9 Å². The molecule has 17 heavy (non-hydrogen) atoms. The number of nitrogens with zero attached hydrogens (tertiary/aromatic N) is 1. The van der Waals surface area contributed by atoms with Crippen LogP contribution in [0, 0.1) is 0 Å². The summed E-state index contributed by atoms with van der Waals surface area (Å²) in [6, 6.07) is 7.66. The monoisotopic (exact) mass is 231 g/mol. The number of aromatic nitrogens is 1. The van der Waals surface area contributed by atoms with Gasteiger partial charge in [-0.05, 0) is 39.0 Å². The van der Waals surface area contributed by atoms with Crippen LogP contribution < -0.4 is 0 Å². The maximum absolute atomic E-state index is 11.7. The maximum atomic E-state index is 11.7. The Balaban J connectivity index is 2.69. The van der Waals surface area contributed by atoms with Gasteiger partial charge in [-0.25, -0.2) is 4.79 Å². The second kappa shape index (κ2) is 3.91. The smallest absolute Gasteiger partial charge is 0.338 e. The Labute approximate surface area is 101 Å². The zero-order valence-electron chi connectivity index (χ0n) is 10.7. The first-order valence-corrected chi connectivity index (χ1v) is 5.64. The first-order chi connectivity index (χ1) is 7.95. The number of rotatable bonds is 1. The number of hydrogen-bond donors (Lipinski definition) is 0. The zero-order chi connectivity index (χ0) is 12.6. The second-order valence-electron chi connectivity index (χ2n) is 5.09. The lowest BCUT2D eigenvalue weighted by molar-refractivity contribution is 0.0603. The van der Waals surface area contributed by atoms with Crippen molar-refractivity contribution in [2.75, 3.05) is 7.11 Å². The van der Waals surface area contributed by atoms with Gasteiger partial charge in [0.25, 0.3) is 0 Å². The van der Waals surface area contributed by atoms with Crippen molar-refractivity contribution >= 4 is 16.9 Å². The van der Waals surface area contributed by atoms with E-state index in [0.29, 0.717) is 5.56 Å². The van der Waals surface area contributed by atoms with Crippen molar-refractivity contribution in [1.82, 2.24) is 4.57 Å². The number of carbonyl (C=O) groups excluding carboxylic acids is 1. The highest BCUT2D eigenvalue weighted by molar-refractivity contribution is 6.03. The van der Waals surface area contributed by atoms with Crippen LogP contribution in [-0.4, -0.2) is 17.6 Å². The number of methoxy groups -OCH3 is 1. The average molecular weight is 231 g/mol. The predicted molar refractivity (Wildman–Crippen MR) is 68.3 cm³/mol. The molecule has 0 aliphatic rings. The molecule has 0 aliphatic heterocycles. The lowest BCUT2D eigenvalue weighted by Gasteiger charge is -2.22. The number of hydrogen-bond acceptors (Lipinski definition) is 2. The fraction of sp³-hybridized carbons (Fsp3) is 0.357. The Kier molecular flexibility index (Phi) is 2.69. The normalized spacial score (nSPS) is 11.8. The van der Waals surface area contributed by atoms with E-state index in [4.69, 9.17) is 4.74 Å². The first kappa shape index (κ1) is 11.7. The van der Waals surface area contributed by atoms with Crippen LogP contribution in [0.5, 0.6) is 0 Å². The highest BCUT2D eigenvalue weighted by Crippen LogP contribution is 2.26. The molecule has 1 aromatic carbocycles. The van der Waals surface area contributed by atoms with Crippen LogP contribution in [0.15, 0.2) is 30.5 Å². The average Bonchev–Trinajstić information content (AvgIpc) is 2.70. The Bertz CT molecular complexity index is 561. The molecule has 0 fully saturated rings. The number of ether oxygens (including phenoxy) is 1. The van der Waals surface area contributed by atoms with Crippen molar-refractivity contribution in [3.8, 4) is 0 Å². The van der Waals surface area contributed by atoms with Crippen LogP contribution in [0.1, 0.15) is 31.1 Å². The molecule has 3 nitrogen and oxygen atoms in total. The van der Waals surface area contributed by atoms with E-state index in [1.807, 2.05) is 24.4 Å².